The molecule has 5 heteroatoms. The van der Waals surface area contributed by atoms with E-state index >= 15 is 0 Å². The van der Waals surface area contributed by atoms with E-state index in [0.29, 0.717) is 6.54 Å². The van der Waals surface area contributed by atoms with E-state index in [-0.39, 0.29) is 29.5 Å². The van der Waals surface area contributed by atoms with Gasteiger partial charge in [0.05, 0.1) is 0 Å². The minimum absolute atomic E-state index is 0.0470. The summed E-state index contributed by atoms with van der Waals surface area (Å²) in [6.07, 6.45) is -0.258. The number of halogens is 1. The van der Waals surface area contributed by atoms with Crippen molar-refractivity contribution in [1.82, 2.24) is 9.80 Å². The second kappa shape index (κ2) is 6.94. The first-order valence-electron chi connectivity index (χ1n) is 8.94. The zero-order valence-corrected chi connectivity index (χ0v) is 16.5. The van der Waals surface area contributed by atoms with Gasteiger partial charge in [-0.25, -0.2) is 9.18 Å². The van der Waals surface area contributed by atoms with Gasteiger partial charge in [0, 0.05) is 30.7 Å². The highest BCUT2D eigenvalue weighted by atomic mass is 19.1. The van der Waals surface area contributed by atoms with Crippen molar-refractivity contribution in [2.75, 3.05) is 13.1 Å². The molecule has 1 aromatic rings. The summed E-state index contributed by atoms with van der Waals surface area (Å²) in [7, 11) is 0. The maximum Gasteiger partial charge on any atom is 0.410 e. The van der Waals surface area contributed by atoms with E-state index in [4.69, 9.17) is 4.74 Å². The predicted molar refractivity (Wildman–Crippen MR) is 98.0 cm³/mol. The number of rotatable bonds is 2. The molecule has 1 aliphatic rings. The molecule has 0 unspecified atom stereocenters. The topological polar surface area (TPSA) is 32.8 Å². The maximum absolute atomic E-state index is 13.3. The molecule has 1 fully saturated rings. The maximum atomic E-state index is 13.3. The smallest absolute Gasteiger partial charge is 0.410 e. The molecule has 2 rings (SSSR count). The van der Waals surface area contributed by atoms with Crippen molar-refractivity contribution >= 4 is 6.09 Å². The first-order valence-corrected chi connectivity index (χ1v) is 8.94. The van der Waals surface area contributed by atoms with Crippen molar-refractivity contribution < 1.29 is 13.9 Å². The Labute approximate surface area is 150 Å². The Kier molecular flexibility index (Phi) is 5.47. The van der Waals surface area contributed by atoms with Gasteiger partial charge in [0.2, 0.25) is 0 Å². The van der Waals surface area contributed by atoms with Crippen LogP contribution in [0.2, 0.25) is 0 Å². The molecule has 1 saturated heterocycles. The van der Waals surface area contributed by atoms with Crippen LogP contribution in [-0.4, -0.2) is 46.7 Å². The minimum atomic E-state index is -0.495. The Morgan fingerprint density at radius 1 is 1.04 bits per heavy atom. The quantitative estimate of drug-likeness (QED) is 0.793. The third-order valence-electron chi connectivity index (χ3n) is 4.88. The first-order chi connectivity index (χ1) is 11.4. The molecule has 0 spiro atoms. The fourth-order valence-electron chi connectivity index (χ4n) is 3.50. The number of amides is 1. The van der Waals surface area contributed by atoms with Crippen LogP contribution in [0.1, 0.15) is 54.0 Å². The van der Waals surface area contributed by atoms with Crippen LogP contribution < -0.4 is 0 Å². The van der Waals surface area contributed by atoms with Gasteiger partial charge in [-0.05, 0) is 66.2 Å². The number of carbonyl (C=O) groups excluding carboxylic acids is 1. The molecule has 0 saturated carbocycles. The lowest BCUT2D eigenvalue weighted by molar-refractivity contribution is -0.0376. The van der Waals surface area contributed by atoms with Crippen molar-refractivity contribution in [1.29, 1.82) is 0 Å². The molecule has 0 bridgehead atoms. The van der Waals surface area contributed by atoms with Crippen LogP contribution in [0, 0.1) is 5.82 Å². The van der Waals surface area contributed by atoms with Gasteiger partial charge >= 0.3 is 6.09 Å². The van der Waals surface area contributed by atoms with Crippen LogP contribution in [0.5, 0.6) is 0 Å². The third kappa shape index (κ3) is 4.51. The van der Waals surface area contributed by atoms with Gasteiger partial charge in [-0.2, -0.15) is 0 Å². The van der Waals surface area contributed by atoms with Crippen molar-refractivity contribution in [2.45, 2.75) is 71.7 Å². The average Bonchev–Trinajstić information content (AvgIpc) is 2.47. The second-order valence-corrected chi connectivity index (χ2v) is 8.55. The van der Waals surface area contributed by atoms with Gasteiger partial charge in [0.25, 0.3) is 0 Å². The molecule has 140 valence electrons. The van der Waals surface area contributed by atoms with Gasteiger partial charge < -0.3 is 9.64 Å². The Bertz CT molecular complexity index is 607. The van der Waals surface area contributed by atoms with E-state index in [1.807, 2.05) is 44.7 Å². The molecule has 1 amide bonds. The average molecular weight is 350 g/mol. The highest BCUT2D eigenvalue weighted by Gasteiger charge is 2.40. The molecule has 1 aliphatic heterocycles. The highest BCUT2D eigenvalue weighted by Crippen LogP contribution is 2.33. The van der Waals surface area contributed by atoms with Crippen LogP contribution in [0.15, 0.2) is 24.3 Å². The summed E-state index contributed by atoms with van der Waals surface area (Å²) in [6, 6.07) is 6.90. The molecule has 4 nitrogen and oxygen atoms in total. The number of carbonyl (C=O) groups is 1. The molecule has 2 atom stereocenters. The molecule has 0 aliphatic carbocycles. The summed E-state index contributed by atoms with van der Waals surface area (Å²) in [5.41, 5.74) is 0.324. The van der Waals surface area contributed by atoms with E-state index in [2.05, 4.69) is 25.7 Å². The molecular formula is C20H31FN2O2. The van der Waals surface area contributed by atoms with Crippen molar-refractivity contribution in [3.8, 4) is 0 Å². The molecule has 0 aromatic heterocycles. The Morgan fingerprint density at radius 3 is 2.12 bits per heavy atom. The van der Waals surface area contributed by atoms with Crippen LogP contribution >= 0.6 is 0 Å². The van der Waals surface area contributed by atoms with Gasteiger partial charge in [-0.15, -0.1) is 0 Å². The van der Waals surface area contributed by atoms with E-state index in [1.54, 1.807) is 0 Å². The number of ether oxygens (including phenoxy) is 1. The van der Waals surface area contributed by atoms with E-state index < -0.39 is 5.60 Å². The molecule has 1 heterocycles. The third-order valence-corrected chi connectivity index (χ3v) is 4.88. The zero-order valence-electron chi connectivity index (χ0n) is 16.5. The van der Waals surface area contributed by atoms with Gasteiger partial charge in [0.15, 0.2) is 0 Å². The zero-order chi connectivity index (χ0) is 19.0. The fourth-order valence-corrected chi connectivity index (χ4v) is 3.50. The summed E-state index contributed by atoms with van der Waals surface area (Å²) in [5.74, 6) is -0.226. The van der Waals surface area contributed by atoms with E-state index in [9.17, 15) is 9.18 Å². The van der Waals surface area contributed by atoms with E-state index in [1.165, 1.54) is 12.1 Å². The molecule has 0 radical (unpaired) electrons. The molecule has 1 aromatic carbocycles. The van der Waals surface area contributed by atoms with E-state index in [0.717, 1.165) is 12.1 Å². The molecular weight excluding hydrogens is 319 g/mol. The summed E-state index contributed by atoms with van der Waals surface area (Å²) in [6.45, 7) is 15.5. The normalized spacial score (nSPS) is 22.8. The van der Waals surface area contributed by atoms with Crippen LogP contribution in [0.25, 0.3) is 0 Å². The largest absolute Gasteiger partial charge is 0.444 e. The lowest BCUT2D eigenvalue weighted by Gasteiger charge is -2.51. The number of nitrogens with zero attached hydrogens (tertiary/aromatic N) is 2. The van der Waals surface area contributed by atoms with Gasteiger partial charge in [-0.1, -0.05) is 12.1 Å². The second-order valence-electron chi connectivity index (χ2n) is 8.55. The summed E-state index contributed by atoms with van der Waals surface area (Å²) in [5, 5.41) is 0. The fraction of sp³-hybridized carbons (Fsp3) is 0.650. The molecule has 0 N–H and O–H groups in total. The SMILES string of the molecule is C[C@@H]1CN(C(=O)OC(C)(C)C)[C@@H](C)CN1C(C)(C)c1ccc(F)cc1. The Balaban J connectivity index is 2.16. The van der Waals surface area contributed by atoms with Crippen molar-refractivity contribution in [3.05, 3.63) is 35.6 Å². The first kappa shape index (κ1) is 19.7. The van der Waals surface area contributed by atoms with Crippen LogP contribution in [0.3, 0.4) is 0 Å². The summed E-state index contributed by atoms with van der Waals surface area (Å²) in [4.78, 5) is 16.7. The van der Waals surface area contributed by atoms with Gasteiger partial charge in [-0.3, -0.25) is 4.90 Å². The number of hydrogen-bond acceptors (Lipinski definition) is 3. The van der Waals surface area contributed by atoms with Crippen LogP contribution in [-0.2, 0) is 10.3 Å². The lowest BCUT2D eigenvalue weighted by Crippen LogP contribution is -2.62. The molecule has 25 heavy (non-hydrogen) atoms. The number of piperazine rings is 1. The van der Waals surface area contributed by atoms with Crippen molar-refractivity contribution in [3.63, 3.8) is 0 Å². The monoisotopic (exact) mass is 350 g/mol. The number of benzene rings is 1. The standard InChI is InChI=1S/C20H31FN2O2/c1-14-13-23(20(6,7)16-8-10-17(21)11-9-16)15(2)12-22(14)18(24)25-19(3,4)5/h8-11,14-15H,12-13H2,1-7H3/t14-,15+/m0/s1. The summed E-state index contributed by atoms with van der Waals surface area (Å²) < 4.78 is 18.8. The summed E-state index contributed by atoms with van der Waals surface area (Å²) >= 11 is 0. The van der Waals surface area contributed by atoms with Crippen LogP contribution in [0.4, 0.5) is 9.18 Å². The Hall–Kier alpha value is -1.62. The number of hydrogen-bond donors (Lipinski definition) is 0. The lowest BCUT2D eigenvalue weighted by atomic mass is 9.89. The van der Waals surface area contributed by atoms with Crippen molar-refractivity contribution in [2.24, 2.45) is 0 Å². The Morgan fingerprint density at radius 2 is 1.60 bits per heavy atom. The highest BCUT2D eigenvalue weighted by molar-refractivity contribution is 5.68. The minimum Gasteiger partial charge on any atom is -0.444 e. The predicted octanol–water partition coefficient (Wildman–Crippen LogP) is 4.39. The van der Waals surface area contributed by atoms with Gasteiger partial charge in [0.1, 0.15) is 11.4 Å².